The Balaban J connectivity index is 1.62. The van der Waals surface area contributed by atoms with Gasteiger partial charge in [0.25, 0.3) is 0 Å². The van der Waals surface area contributed by atoms with Gasteiger partial charge >= 0.3 is 0 Å². The number of para-hydroxylation sites is 1. The predicted molar refractivity (Wildman–Crippen MR) is 118 cm³/mol. The van der Waals surface area contributed by atoms with Gasteiger partial charge in [-0.05, 0) is 60.7 Å². The number of hydrogen-bond donors (Lipinski definition) is 0. The zero-order valence-corrected chi connectivity index (χ0v) is 16.6. The number of carbonyl (C=O) groups excluding carboxylic acids is 1. The average Bonchev–Trinajstić information content (AvgIpc) is 3.27. The number of pyridine rings is 1. The second kappa shape index (κ2) is 9.33. The van der Waals surface area contributed by atoms with Crippen LogP contribution in [-0.2, 0) is 0 Å². The van der Waals surface area contributed by atoms with Crippen LogP contribution in [0.3, 0.4) is 0 Å². The Morgan fingerprint density at radius 2 is 1.77 bits per heavy atom. The molecule has 0 spiro atoms. The molecule has 0 N–H and O–H groups in total. The van der Waals surface area contributed by atoms with Gasteiger partial charge in [-0.15, -0.1) is 0 Å². The predicted octanol–water partition coefficient (Wildman–Crippen LogP) is 4.73. The summed E-state index contributed by atoms with van der Waals surface area (Å²) in [5, 5.41) is 13.3. The van der Waals surface area contributed by atoms with Crippen molar-refractivity contribution in [3.8, 4) is 28.8 Å². The van der Waals surface area contributed by atoms with Gasteiger partial charge in [-0.3, -0.25) is 9.78 Å². The molecule has 4 rings (SSSR count). The highest BCUT2D eigenvalue weighted by molar-refractivity contribution is 6.07. The van der Waals surface area contributed by atoms with Gasteiger partial charge in [0.05, 0.1) is 5.69 Å². The summed E-state index contributed by atoms with van der Waals surface area (Å²) < 4.78 is 7.02. The Kier molecular flexibility index (Phi) is 5.96. The summed E-state index contributed by atoms with van der Waals surface area (Å²) in [5.41, 5.74) is 3.95. The lowest BCUT2D eigenvalue weighted by atomic mass is 10.1. The highest BCUT2D eigenvalue weighted by Crippen LogP contribution is 2.24. The average molecular weight is 406 g/mol. The molecular formula is C25H18N4O2. The molecule has 6 heteroatoms. The van der Waals surface area contributed by atoms with Crippen molar-refractivity contribution in [1.82, 2.24) is 14.8 Å². The summed E-state index contributed by atoms with van der Waals surface area (Å²) in [6.07, 6.45) is 8.62. The molecule has 0 atom stereocenters. The molecule has 0 unspecified atom stereocenters. The number of ketones is 1. The number of nitriles is 1. The maximum atomic E-state index is 12.7. The monoisotopic (exact) mass is 406 g/mol. The second-order valence-electron chi connectivity index (χ2n) is 6.62. The topological polar surface area (TPSA) is 80.8 Å². The summed E-state index contributed by atoms with van der Waals surface area (Å²) in [6.45, 7) is -0.0314. The van der Waals surface area contributed by atoms with Crippen molar-refractivity contribution >= 4 is 11.9 Å². The molecule has 0 aliphatic rings. The van der Waals surface area contributed by atoms with Crippen LogP contribution in [0.15, 0.2) is 91.4 Å². The van der Waals surface area contributed by atoms with E-state index >= 15 is 0 Å². The molecule has 4 aromatic rings. The summed E-state index contributed by atoms with van der Waals surface area (Å²) >= 11 is 0. The molecule has 150 valence electrons. The van der Waals surface area contributed by atoms with Crippen molar-refractivity contribution in [2.75, 3.05) is 6.61 Å². The number of allylic oxidation sites excluding steroid dienone is 1. The standard InChI is InChI=1S/C25H18N4O2/c26-14-17-31-23-9-6-19(7-10-23)24(30)11-8-21-18-29(22-4-2-1-3-5-22)28-25(21)20-12-15-27-16-13-20/h1-13,15-16,18H,17H2/b11-8+. The van der Waals surface area contributed by atoms with Crippen LogP contribution in [0.1, 0.15) is 15.9 Å². The van der Waals surface area contributed by atoms with E-state index in [2.05, 4.69) is 4.98 Å². The fourth-order valence-corrected chi connectivity index (χ4v) is 3.05. The lowest BCUT2D eigenvalue weighted by molar-refractivity contribution is 0.104. The number of aromatic nitrogens is 3. The zero-order valence-electron chi connectivity index (χ0n) is 16.6. The van der Waals surface area contributed by atoms with E-state index in [1.807, 2.05) is 54.7 Å². The minimum Gasteiger partial charge on any atom is -0.479 e. The third kappa shape index (κ3) is 4.74. The molecule has 0 saturated carbocycles. The molecule has 2 aromatic carbocycles. The van der Waals surface area contributed by atoms with Crippen LogP contribution in [0.5, 0.6) is 5.75 Å². The van der Waals surface area contributed by atoms with E-state index in [-0.39, 0.29) is 12.4 Å². The summed E-state index contributed by atoms with van der Waals surface area (Å²) in [6, 6.07) is 22.2. The number of hydrogen-bond acceptors (Lipinski definition) is 5. The first kappa shape index (κ1) is 19.8. The highest BCUT2D eigenvalue weighted by atomic mass is 16.5. The highest BCUT2D eigenvalue weighted by Gasteiger charge is 2.11. The second-order valence-corrected chi connectivity index (χ2v) is 6.62. The minimum absolute atomic E-state index is 0.0314. The van der Waals surface area contributed by atoms with Crippen LogP contribution in [-0.4, -0.2) is 27.2 Å². The number of benzene rings is 2. The fourth-order valence-electron chi connectivity index (χ4n) is 3.05. The maximum Gasteiger partial charge on any atom is 0.185 e. The lowest BCUT2D eigenvalue weighted by Gasteiger charge is -2.02. The van der Waals surface area contributed by atoms with Crippen molar-refractivity contribution < 1.29 is 9.53 Å². The third-order valence-electron chi connectivity index (χ3n) is 4.57. The van der Waals surface area contributed by atoms with E-state index in [9.17, 15) is 4.79 Å². The van der Waals surface area contributed by atoms with Crippen molar-refractivity contribution in [2.24, 2.45) is 0 Å². The van der Waals surface area contributed by atoms with Gasteiger partial charge in [0, 0.05) is 35.3 Å². The van der Waals surface area contributed by atoms with E-state index in [1.165, 1.54) is 6.08 Å². The van der Waals surface area contributed by atoms with Crippen LogP contribution >= 0.6 is 0 Å². The SMILES string of the molecule is N#CCOc1ccc(C(=O)/C=C/c2cn(-c3ccccc3)nc2-c2ccncc2)cc1. The van der Waals surface area contributed by atoms with Crippen molar-refractivity contribution in [3.63, 3.8) is 0 Å². The maximum absolute atomic E-state index is 12.7. The van der Waals surface area contributed by atoms with Crippen LogP contribution in [0, 0.1) is 11.3 Å². The van der Waals surface area contributed by atoms with Crippen molar-refractivity contribution in [2.45, 2.75) is 0 Å². The first-order valence-electron chi connectivity index (χ1n) is 9.62. The normalized spacial score (nSPS) is 10.7. The first-order valence-corrected chi connectivity index (χ1v) is 9.62. The van der Waals surface area contributed by atoms with Gasteiger partial charge in [0.2, 0.25) is 0 Å². The third-order valence-corrected chi connectivity index (χ3v) is 4.57. The van der Waals surface area contributed by atoms with E-state index in [4.69, 9.17) is 15.1 Å². The van der Waals surface area contributed by atoms with Crippen LogP contribution in [0.2, 0.25) is 0 Å². The Labute approximate surface area is 179 Å². The summed E-state index contributed by atoms with van der Waals surface area (Å²) in [7, 11) is 0. The largest absolute Gasteiger partial charge is 0.479 e. The van der Waals surface area contributed by atoms with Crippen molar-refractivity contribution in [3.05, 3.63) is 103 Å². The molecule has 6 nitrogen and oxygen atoms in total. The smallest absolute Gasteiger partial charge is 0.185 e. The zero-order chi connectivity index (χ0) is 21.5. The van der Waals surface area contributed by atoms with Gasteiger partial charge in [-0.2, -0.15) is 10.4 Å². The van der Waals surface area contributed by atoms with Gasteiger partial charge in [0.15, 0.2) is 12.4 Å². The minimum atomic E-state index is -0.139. The quantitative estimate of drug-likeness (QED) is 0.327. The van der Waals surface area contributed by atoms with Gasteiger partial charge in [-0.25, -0.2) is 4.68 Å². The number of carbonyl (C=O) groups is 1. The molecule has 0 fully saturated rings. The van der Waals surface area contributed by atoms with Crippen LogP contribution in [0.25, 0.3) is 23.0 Å². The lowest BCUT2D eigenvalue weighted by Crippen LogP contribution is -1.96. The van der Waals surface area contributed by atoms with Gasteiger partial charge in [0.1, 0.15) is 17.5 Å². The molecule has 0 aliphatic heterocycles. The van der Waals surface area contributed by atoms with Crippen LogP contribution < -0.4 is 4.74 Å². The van der Waals surface area contributed by atoms with E-state index in [0.717, 1.165) is 22.5 Å². The molecule has 0 bridgehead atoms. The molecular weight excluding hydrogens is 388 g/mol. The van der Waals surface area contributed by atoms with E-state index in [1.54, 1.807) is 47.4 Å². The fraction of sp³-hybridized carbons (Fsp3) is 0.0400. The van der Waals surface area contributed by atoms with Crippen molar-refractivity contribution in [1.29, 1.82) is 5.26 Å². The summed E-state index contributed by atoms with van der Waals surface area (Å²) in [5.74, 6) is 0.408. The number of rotatable bonds is 7. The molecule has 31 heavy (non-hydrogen) atoms. The molecule has 2 heterocycles. The van der Waals surface area contributed by atoms with Gasteiger partial charge < -0.3 is 4.74 Å². The Bertz CT molecular complexity index is 1240. The summed E-state index contributed by atoms with van der Waals surface area (Å²) in [4.78, 5) is 16.7. The Hall–Kier alpha value is -4.50. The number of ether oxygens (including phenoxy) is 1. The molecule has 0 saturated heterocycles. The molecule has 0 amide bonds. The van der Waals surface area contributed by atoms with Gasteiger partial charge in [-0.1, -0.05) is 18.2 Å². The van der Waals surface area contributed by atoms with E-state index in [0.29, 0.717) is 11.3 Å². The van der Waals surface area contributed by atoms with E-state index < -0.39 is 0 Å². The molecule has 0 radical (unpaired) electrons. The number of nitrogens with zero attached hydrogens (tertiary/aromatic N) is 4. The molecule has 0 aliphatic carbocycles. The Morgan fingerprint density at radius 1 is 1.03 bits per heavy atom. The molecule has 2 aromatic heterocycles. The Morgan fingerprint density at radius 3 is 2.48 bits per heavy atom. The first-order chi connectivity index (χ1) is 15.2. The van der Waals surface area contributed by atoms with Crippen LogP contribution in [0.4, 0.5) is 0 Å².